The van der Waals surface area contributed by atoms with Crippen molar-refractivity contribution in [2.45, 2.75) is 19.9 Å². The Labute approximate surface area is 149 Å². The standard InChI is InChI=1S/C13H26N6O2.HI/c1-4-12-18-17-11-19(12)8-5-14-13(15-6-9-20-2)16-7-10-21-3;/h11H,4-10H2,1-3H3,(H2,14,15,16);1H. The summed E-state index contributed by atoms with van der Waals surface area (Å²) in [5.74, 6) is 1.75. The van der Waals surface area contributed by atoms with Crippen molar-refractivity contribution in [3.63, 3.8) is 0 Å². The van der Waals surface area contributed by atoms with E-state index in [1.165, 1.54) is 0 Å². The molecule has 0 aliphatic carbocycles. The molecule has 9 heteroatoms. The molecule has 0 fully saturated rings. The van der Waals surface area contributed by atoms with Crippen LogP contribution in [0.4, 0.5) is 0 Å². The summed E-state index contributed by atoms with van der Waals surface area (Å²) in [7, 11) is 3.34. The van der Waals surface area contributed by atoms with Crippen molar-refractivity contribution in [3.05, 3.63) is 12.2 Å². The third kappa shape index (κ3) is 8.49. The van der Waals surface area contributed by atoms with E-state index in [0.717, 1.165) is 31.3 Å². The summed E-state index contributed by atoms with van der Waals surface area (Å²) >= 11 is 0. The van der Waals surface area contributed by atoms with Gasteiger partial charge >= 0.3 is 0 Å². The van der Waals surface area contributed by atoms with Crippen LogP contribution in [0.5, 0.6) is 0 Å². The Hall–Kier alpha value is -0.940. The highest BCUT2D eigenvalue weighted by atomic mass is 127. The minimum absolute atomic E-state index is 0. The van der Waals surface area contributed by atoms with Crippen molar-refractivity contribution in [2.75, 3.05) is 47.1 Å². The number of hydrogen-bond donors (Lipinski definition) is 2. The van der Waals surface area contributed by atoms with Crippen LogP contribution in [-0.4, -0.2) is 67.8 Å². The van der Waals surface area contributed by atoms with Crippen molar-refractivity contribution in [3.8, 4) is 0 Å². The highest BCUT2D eigenvalue weighted by molar-refractivity contribution is 14.0. The molecule has 0 amide bonds. The molecular weight excluding hydrogens is 399 g/mol. The summed E-state index contributed by atoms with van der Waals surface area (Å²) in [5.41, 5.74) is 0. The van der Waals surface area contributed by atoms with Crippen LogP contribution in [-0.2, 0) is 22.4 Å². The van der Waals surface area contributed by atoms with Crippen molar-refractivity contribution >= 4 is 29.9 Å². The summed E-state index contributed by atoms with van der Waals surface area (Å²) in [6.45, 7) is 6.17. The predicted molar refractivity (Wildman–Crippen MR) is 96.9 cm³/mol. The molecule has 2 N–H and O–H groups in total. The molecule has 1 aromatic rings. The molecule has 0 saturated heterocycles. The number of ether oxygens (including phenoxy) is 2. The quantitative estimate of drug-likeness (QED) is 0.242. The number of aliphatic imine (C=N–C) groups is 1. The third-order valence-electron chi connectivity index (χ3n) is 2.82. The van der Waals surface area contributed by atoms with Crippen LogP contribution in [0.3, 0.4) is 0 Å². The first-order chi connectivity index (χ1) is 10.3. The topological polar surface area (TPSA) is 85.6 Å². The molecule has 0 saturated carbocycles. The fourth-order valence-corrected chi connectivity index (χ4v) is 1.73. The molecule has 0 aromatic carbocycles. The fourth-order valence-electron chi connectivity index (χ4n) is 1.73. The monoisotopic (exact) mass is 426 g/mol. The number of methoxy groups -OCH3 is 2. The van der Waals surface area contributed by atoms with E-state index in [1.54, 1.807) is 20.5 Å². The van der Waals surface area contributed by atoms with Crippen LogP contribution in [0.2, 0.25) is 0 Å². The number of guanidine groups is 1. The molecule has 0 atom stereocenters. The highest BCUT2D eigenvalue weighted by Crippen LogP contribution is 1.94. The lowest BCUT2D eigenvalue weighted by Crippen LogP contribution is -2.40. The van der Waals surface area contributed by atoms with Gasteiger partial charge in [-0.25, -0.2) is 0 Å². The van der Waals surface area contributed by atoms with E-state index in [0.29, 0.717) is 26.3 Å². The van der Waals surface area contributed by atoms with Gasteiger partial charge in [0.15, 0.2) is 5.96 Å². The lowest BCUT2D eigenvalue weighted by molar-refractivity contribution is 0.203. The molecule has 0 unspecified atom stereocenters. The molecular formula is C13H27IN6O2. The average Bonchev–Trinajstić information content (AvgIpc) is 2.94. The van der Waals surface area contributed by atoms with Gasteiger partial charge in [0.25, 0.3) is 0 Å². The molecule has 8 nitrogen and oxygen atoms in total. The predicted octanol–water partition coefficient (Wildman–Crippen LogP) is 0.287. The lowest BCUT2D eigenvalue weighted by Gasteiger charge is -2.13. The molecule has 1 rings (SSSR count). The average molecular weight is 426 g/mol. The van der Waals surface area contributed by atoms with E-state index >= 15 is 0 Å². The van der Waals surface area contributed by atoms with Crippen LogP contribution < -0.4 is 10.6 Å². The summed E-state index contributed by atoms with van der Waals surface area (Å²) in [4.78, 5) is 4.42. The van der Waals surface area contributed by atoms with E-state index in [1.807, 2.05) is 4.57 Å². The zero-order valence-corrected chi connectivity index (χ0v) is 15.9. The SMILES string of the molecule is CCc1nncn1CCNC(=NCCOC)NCCOC.I. The molecule has 0 spiro atoms. The molecule has 0 bridgehead atoms. The summed E-state index contributed by atoms with van der Waals surface area (Å²) in [6, 6.07) is 0. The van der Waals surface area contributed by atoms with E-state index in [4.69, 9.17) is 9.47 Å². The van der Waals surface area contributed by atoms with E-state index < -0.39 is 0 Å². The van der Waals surface area contributed by atoms with Gasteiger partial charge in [-0.05, 0) is 0 Å². The van der Waals surface area contributed by atoms with Crippen molar-refractivity contribution in [1.82, 2.24) is 25.4 Å². The van der Waals surface area contributed by atoms with Crippen LogP contribution in [0.1, 0.15) is 12.7 Å². The van der Waals surface area contributed by atoms with Gasteiger partial charge < -0.3 is 24.7 Å². The number of rotatable bonds is 10. The second-order valence-corrected chi connectivity index (χ2v) is 4.36. The summed E-state index contributed by atoms with van der Waals surface area (Å²) in [5, 5.41) is 14.5. The smallest absolute Gasteiger partial charge is 0.191 e. The number of aromatic nitrogens is 3. The van der Waals surface area contributed by atoms with E-state index in [-0.39, 0.29) is 24.0 Å². The van der Waals surface area contributed by atoms with Gasteiger partial charge in [0.1, 0.15) is 12.2 Å². The van der Waals surface area contributed by atoms with Gasteiger partial charge in [0.2, 0.25) is 0 Å². The second-order valence-electron chi connectivity index (χ2n) is 4.36. The minimum atomic E-state index is 0. The normalized spacial score (nSPS) is 11.1. The first kappa shape index (κ1) is 21.1. The van der Waals surface area contributed by atoms with Crippen molar-refractivity contribution < 1.29 is 9.47 Å². The van der Waals surface area contributed by atoms with Crippen LogP contribution in [0, 0.1) is 0 Å². The Bertz CT molecular complexity index is 413. The van der Waals surface area contributed by atoms with Gasteiger partial charge in [-0.3, -0.25) is 4.99 Å². The second kappa shape index (κ2) is 13.7. The van der Waals surface area contributed by atoms with E-state index in [2.05, 4.69) is 32.7 Å². The van der Waals surface area contributed by atoms with Crippen molar-refractivity contribution in [1.29, 1.82) is 0 Å². The van der Waals surface area contributed by atoms with Gasteiger partial charge in [-0.1, -0.05) is 6.92 Å². The molecule has 128 valence electrons. The Morgan fingerprint density at radius 1 is 1.23 bits per heavy atom. The minimum Gasteiger partial charge on any atom is -0.383 e. The first-order valence-corrected chi connectivity index (χ1v) is 7.18. The highest BCUT2D eigenvalue weighted by Gasteiger charge is 2.02. The molecule has 0 aliphatic rings. The zero-order chi connectivity index (χ0) is 15.3. The first-order valence-electron chi connectivity index (χ1n) is 7.18. The molecule has 0 radical (unpaired) electrons. The number of aryl methyl sites for hydroxylation is 1. The largest absolute Gasteiger partial charge is 0.383 e. The molecule has 0 aliphatic heterocycles. The van der Waals surface area contributed by atoms with Crippen LogP contribution in [0.15, 0.2) is 11.3 Å². The number of nitrogens with zero attached hydrogens (tertiary/aromatic N) is 4. The van der Waals surface area contributed by atoms with Gasteiger partial charge in [-0.15, -0.1) is 34.2 Å². The maximum atomic E-state index is 5.02. The maximum absolute atomic E-state index is 5.02. The van der Waals surface area contributed by atoms with Crippen LogP contribution in [0.25, 0.3) is 0 Å². The zero-order valence-electron chi connectivity index (χ0n) is 13.5. The fraction of sp³-hybridized carbons (Fsp3) is 0.769. The van der Waals surface area contributed by atoms with E-state index in [9.17, 15) is 0 Å². The van der Waals surface area contributed by atoms with Gasteiger partial charge in [0, 0.05) is 40.3 Å². The van der Waals surface area contributed by atoms with Gasteiger partial charge in [0.05, 0.1) is 19.8 Å². The third-order valence-corrected chi connectivity index (χ3v) is 2.82. The van der Waals surface area contributed by atoms with Gasteiger partial charge in [-0.2, -0.15) is 0 Å². The maximum Gasteiger partial charge on any atom is 0.191 e. The number of halogens is 1. The summed E-state index contributed by atoms with van der Waals surface area (Å²) < 4.78 is 12.1. The Balaban J connectivity index is 0.00000441. The molecule has 22 heavy (non-hydrogen) atoms. The molecule has 1 aromatic heterocycles. The summed E-state index contributed by atoms with van der Waals surface area (Å²) in [6.07, 6.45) is 2.63. The number of nitrogens with one attached hydrogen (secondary N) is 2. The Morgan fingerprint density at radius 2 is 1.95 bits per heavy atom. The Morgan fingerprint density at radius 3 is 2.64 bits per heavy atom. The Kier molecular flexibility index (Phi) is 13.1. The number of hydrogen-bond acceptors (Lipinski definition) is 5. The lowest BCUT2D eigenvalue weighted by atomic mass is 10.4. The van der Waals surface area contributed by atoms with Crippen molar-refractivity contribution in [2.24, 2.45) is 4.99 Å². The molecule has 1 heterocycles. The van der Waals surface area contributed by atoms with Crippen LogP contribution >= 0.6 is 24.0 Å².